The minimum Gasteiger partial charge on any atom is -0.454 e. The molecule has 15 heavy (non-hydrogen) atoms. The van der Waals surface area contributed by atoms with Crippen LogP contribution in [0.25, 0.3) is 0 Å². The minimum atomic E-state index is 0.320. The Labute approximate surface area is 97.7 Å². The Bertz CT molecular complexity index is 355. The zero-order valence-electron chi connectivity index (χ0n) is 8.46. The highest BCUT2D eigenvalue weighted by molar-refractivity contribution is 9.10. The van der Waals surface area contributed by atoms with Crippen LogP contribution in [0.3, 0.4) is 0 Å². The summed E-state index contributed by atoms with van der Waals surface area (Å²) in [7, 11) is 0. The molecule has 2 N–H and O–H groups in total. The first-order valence-electron chi connectivity index (χ1n) is 5.10. The summed E-state index contributed by atoms with van der Waals surface area (Å²) in [6, 6.07) is 4.04. The highest BCUT2D eigenvalue weighted by atomic mass is 79.9. The molecule has 1 aliphatic heterocycles. The van der Waals surface area contributed by atoms with Crippen LogP contribution in [0.5, 0.6) is 11.5 Å². The molecule has 0 amide bonds. The molecule has 1 aliphatic rings. The molecule has 0 aliphatic carbocycles. The molecule has 0 radical (unpaired) electrons. The van der Waals surface area contributed by atoms with Gasteiger partial charge in [0.25, 0.3) is 0 Å². The highest BCUT2D eigenvalue weighted by Gasteiger charge is 2.18. The Morgan fingerprint density at radius 2 is 2.13 bits per heavy atom. The maximum Gasteiger partial charge on any atom is 0.231 e. The van der Waals surface area contributed by atoms with Gasteiger partial charge < -0.3 is 15.2 Å². The molecule has 0 saturated carbocycles. The monoisotopic (exact) mass is 271 g/mol. The van der Waals surface area contributed by atoms with E-state index in [1.807, 2.05) is 6.07 Å². The van der Waals surface area contributed by atoms with E-state index in [4.69, 9.17) is 15.2 Å². The second-order valence-corrected chi connectivity index (χ2v) is 4.31. The first-order valence-corrected chi connectivity index (χ1v) is 5.89. The van der Waals surface area contributed by atoms with Gasteiger partial charge in [0.1, 0.15) is 0 Å². The van der Waals surface area contributed by atoms with Gasteiger partial charge in [-0.25, -0.2) is 0 Å². The smallest absolute Gasteiger partial charge is 0.231 e. The van der Waals surface area contributed by atoms with Crippen molar-refractivity contribution < 1.29 is 9.47 Å². The second-order valence-electron chi connectivity index (χ2n) is 3.52. The van der Waals surface area contributed by atoms with Gasteiger partial charge in [-0.15, -0.1) is 0 Å². The molecule has 4 heteroatoms. The third-order valence-electron chi connectivity index (χ3n) is 2.46. The van der Waals surface area contributed by atoms with Crippen LogP contribution in [0, 0.1) is 0 Å². The zero-order valence-corrected chi connectivity index (χ0v) is 10.0. The Morgan fingerprint density at radius 3 is 2.93 bits per heavy atom. The van der Waals surface area contributed by atoms with E-state index in [1.54, 1.807) is 0 Å². The van der Waals surface area contributed by atoms with Gasteiger partial charge in [0.2, 0.25) is 6.79 Å². The van der Waals surface area contributed by atoms with Crippen LogP contribution in [0.1, 0.15) is 18.4 Å². The molecule has 1 aromatic carbocycles. The average Bonchev–Trinajstić information content (AvgIpc) is 2.70. The number of rotatable bonds is 4. The third kappa shape index (κ3) is 2.26. The molecule has 3 nitrogen and oxygen atoms in total. The van der Waals surface area contributed by atoms with Gasteiger partial charge in [-0.3, -0.25) is 0 Å². The van der Waals surface area contributed by atoms with Crippen LogP contribution in [0.2, 0.25) is 0 Å². The zero-order chi connectivity index (χ0) is 10.7. The number of ether oxygens (including phenoxy) is 2. The second kappa shape index (κ2) is 4.86. The largest absolute Gasteiger partial charge is 0.454 e. The van der Waals surface area contributed by atoms with E-state index >= 15 is 0 Å². The van der Waals surface area contributed by atoms with Crippen molar-refractivity contribution in [2.24, 2.45) is 5.73 Å². The van der Waals surface area contributed by atoms with Crippen LogP contribution < -0.4 is 15.2 Å². The number of nitrogens with two attached hydrogens (primary N) is 1. The number of fused-ring (bicyclic) bond motifs is 1. The molecular weight excluding hydrogens is 258 g/mol. The molecule has 0 unspecified atom stereocenters. The van der Waals surface area contributed by atoms with E-state index in [2.05, 4.69) is 22.0 Å². The molecule has 82 valence electrons. The maximum atomic E-state index is 5.46. The van der Waals surface area contributed by atoms with Crippen molar-refractivity contribution in [3.8, 4) is 11.5 Å². The van der Waals surface area contributed by atoms with Crippen molar-refractivity contribution >= 4 is 15.9 Å². The fourth-order valence-corrected chi connectivity index (χ4v) is 2.27. The minimum absolute atomic E-state index is 0.320. The van der Waals surface area contributed by atoms with Crippen LogP contribution in [-0.4, -0.2) is 13.3 Å². The van der Waals surface area contributed by atoms with Gasteiger partial charge in [-0.05, 0) is 53.4 Å². The lowest BCUT2D eigenvalue weighted by Gasteiger charge is -2.06. The normalized spacial score (nSPS) is 13.2. The summed E-state index contributed by atoms with van der Waals surface area (Å²) in [4.78, 5) is 0. The molecule has 0 atom stereocenters. The number of unbranched alkanes of at least 4 members (excludes halogenated alkanes) is 1. The van der Waals surface area contributed by atoms with Gasteiger partial charge in [-0.2, -0.15) is 0 Å². The van der Waals surface area contributed by atoms with Crippen LogP contribution in [0.4, 0.5) is 0 Å². The van der Waals surface area contributed by atoms with Gasteiger partial charge in [0.05, 0.1) is 4.47 Å². The van der Waals surface area contributed by atoms with Crippen molar-refractivity contribution in [2.75, 3.05) is 13.3 Å². The number of benzene rings is 1. The van der Waals surface area contributed by atoms with Crippen LogP contribution >= 0.6 is 15.9 Å². The summed E-state index contributed by atoms with van der Waals surface area (Å²) >= 11 is 3.55. The molecular formula is C11H14BrNO2. The topological polar surface area (TPSA) is 44.5 Å². The van der Waals surface area contributed by atoms with Gasteiger partial charge >= 0.3 is 0 Å². The van der Waals surface area contributed by atoms with E-state index in [0.717, 1.165) is 41.8 Å². The van der Waals surface area contributed by atoms with Crippen molar-refractivity contribution in [2.45, 2.75) is 19.3 Å². The lowest BCUT2D eigenvalue weighted by molar-refractivity contribution is 0.173. The van der Waals surface area contributed by atoms with E-state index in [9.17, 15) is 0 Å². The molecule has 0 saturated heterocycles. The lowest BCUT2D eigenvalue weighted by Crippen LogP contribution is -1.99. The van der Waals surface area contributed by atoms with E-state index in [1.165, 1.54) is 5.56 Å². The van der Waals surface area contributed by atoms with Crippen molar-refractivity contribution in [3.63, 3.8) is 0 Å². The van der Waals surface area contributed by atoms with Crippen LogP contribution in [-0.2, 0) is 6.42 Å². The van der Waals surface area contributed by atoms with Gasteiger partial charge in [-0.1, -0.05) is 6.07 Å². The standard InChI is InChI=1S/C11H14BrNO2/c12-10-8(3-1-2-6-13)4-5-9-11(10)15-7-14-9/h4-5H,1-3,6-7,13H2. The van der Waals surface area contributed by atoms with Gasteiger partial charge in [0.15, 0.2) is 11.5 Å². The van der Waals surface area contributed by atoms with Crippen molar-refractivity contribution in [1.29, 1.82) is 0 Å². The SMILES string of the molecule is NCCCCc1ccc2c(c1Br)OCO2. The van der Waals surface area contributed by atoms with E-state index in [-0.39, 0.29) is 0 Å². The quantitative estimate of drug-likeness (QED) is 0.856. The third-order valence-corrected chi connectivity index (χ3v) is 3.33. The summed E-state index contributed by atoms with van der Waals surface area (Å²) in [6.45, 7) is 1.07. The first kappa shape index (κ1) is 10.8. The Morgan fingerprint density at radius 1 is 1.27 bits per heavy atom. The Kier molecular flexibility index (Phi) is 3.49. The van der Waals surface area contributed by atoms with E-state index < -0.39 is 0 Å². The Hall–Kier alpha value is -0.740. The summed E-state index contributed by atoms with van der Waals surface area (Å²) < 4.78 is 11.7. The van der Waals surface area contributed by atoms with Crippen LogP contribution in [0.15, 0.2) is 16.6 Å². The van der Waals surface area contributed by atoms with Gasteiger partial charge in [0, 0.05) is 0 Å². The number of halogens is 1. The number of aryl methyl sites for hydroxylation is 1. The van der Waals surface area contributed by atoms with Crippen molar-refractivity contribution in [3.05, 3.63) is 22.2 Å². The summed E-state index contributed by atoms with van der Waals surface area (Å²) in [5, 5.41) is 0. The fourth-order valence-electron chi connectivity index (χ4n) is 1.63. The highest BCUT2D eigenvalue weighted by Crippen LogP contribution is 2.41. The average molecular weight is 272 g/mol. The number of hydrogen-bond acceptors (Lipinski definition) is 3. The lowest BCUT2D eigenvalue weighted by atomic mass is 10.1. The molecule has 0 fully saturated rings. The predicted octanol–water partition coefficient (Wildman–Crippen LogP) is 2.46. The predicted molar refractivity (Wildman–Crippen MR) is 62.3 cm³/mol. The van der Waals surface area contributed by atoms with Crippen molar-refractivity contribution in [1.82, 2.24) is 0 Å². The number of hydrogen-bond donors (Lipinski definition) is 1. The van der Waals surface area contributed by atoms with E-state index in [0.29, 0.717) is 6.79 Å². The molecule has 0 spiro atoms. The molecule has 2 rings (SSSR count). The first-order chi connectivity index (χ1) is 7.33. The summed E-state index contributed by atoms with van der Waals surface area (Å²) in [5.74, 6) is 1.66. The molecule has 0 aromatic heterocycles. The summed E-state index contributed by atoms with van der Waals surface area (Å²) in [6.07, 6.45) is 3.18. The Balaban J connectivity index is 2.12. The fraction of sp³-hybridized carbons (Fsp3) is 0.455. The molecule has 1 heterocycles. The maximum absolute atomic E-state index is 5.46. The molecule has 1 aromatic rings. The molecule has 0 bridgehead atoms. The summed E-state index contributed by atoms with van der Waals surface area (Å²) in [5.41, 5.74) is 6.72.